The van der Waals surface area contributed by atoms with E-state index in [0.29, 0.717) is 42.6 Å². The van der Waals surface area contributed by atoms with Crippen molar-refractivity contribution in [2.45, 2.75) is 20.1 Å². The Bertz CT molecular complexity index is 1940. The van der Waals surface area contributed by atoms with Gasteiger partial charge in [-0.25, -0.2) is 10.4 Å². The molecule has 5 aromatic carbocycles. The molecule has 240 valence electrons. The lowest BCUT2D eigenvalue weighted by Gasteiger charge is -2.14. The Morgan fingerprint density at radius 1 is 0.771 bits per heavy atom. The van der Waals surface area contributed by atoms with Crippen LogP contribution < -0.4 is 25.0 Å². The van der Waals surface area contributed by atoms with Crippen LogP contribution in [-0.4, -0.2) is 23.7 Å². The maximum atomic E-state index is 12.7. The molecule has 1 amide bonds. The fourth-order valence-corrected chi connectivity index (χ4v) is 5.45. The van der Waals surface area contributed by atoms with Crippen molar-refractivity contribution in [3.05, 3.63) is 155 Å². The molecule has 8 nitrogen and oxygen atoms in total. The summed E-state index contributed by atoms with van der Waals surface area (Å²) in [6, 6.07) is 40.5. The van der Waals surface area contributed by atoms with Gasteiger partial charge in [0.1, 0.15) is 19.0 Å². The number of para-hydroxylation sites is 1. The lowest BCUT2D eigenvalue weighted by atomic mass is 10.1. The van der Waals surface area contributed by atoms with Gasteiger partial charge in [0.25, 0.3) is 5.91 Å². The Labute approximate surface area is 283 Å². The first-order valence-corrected chi connectivity index (χ1v) is 16.4. The van der Waals surface area contributed by atoms with Crippen molar-refractivity contribution in [3.63, 3.8) is 0 Å². The largest absolute Gasteiger partial charge is 0.490 e. The summed E-state index contributed by atoms with van der Waals surface area (Å²) in [5, 5.41) is 10.2. The minimum atomic E-state index is -0.301. The van der Waals surface area contributed by atoms with Crippen molar-refractivity contribution in [3.8, 4) is 28.5 Å². The van der Waals surface area contributed by atoms with E-state index in [1.54, 1.807) is 18.3 Å². The second-order valence-electron chi connectivity index (χ2n) is 10.7. The maximum absolute atomic E-state index is 12.7. The van der Waals surface area contributed by atoms with E-state index in [4.69, 9.17) is 14.2 Å². The van der Waals surface area contributed by atoms with E-state index in [-0.39, 0.29) is 5.91 Å². The van der Waals surface area contributed by atoms with Gasteiger partial charge in [0.15, 0.2) is 16.6 Å². The van der Waals surface area contributed by atoms with Crippen molar-refractivity contribution in [2.75, 3.05) is 11.9 Å². The lowest BCUT2D eigenvalue weighted by Crippen LogP contribution is -2.17. The summed E-state index contributed by atoms with van der Waals surface area (Å²) in [5.41, 5.74) is 8.71. The van der Waals surface area contributed by atoms with Crippen molar-refractivity contribution in [1.82, 2.24) is 10.4 Å². The van der Waals surface area contributed by atoms with E-state index in [1.165, 1.54) is 11.3 Å². The number of nitrogens with zero attached hydrogens (tertiary/aromatic N) is 2. The number of benzene rings is 5. The van der Waals surface area contributed by atoms with Crippen LogP contribution in [0, 0.1) is 0 Å². The fraction of sp³-hybridized carbons (Fsp3) is 0.103. The number of hydrogen-bond acceptors (Lipinski definition) is 8. The summed E-state index contributed by atoms with van der Waals surface area (Å²) in [7, 11) is 0. The number of anilines is 2. The summed E-state index contributed by atoms with van der Waals surface area (Å²) in [6.45, 7) is 3.31. The van der Waals surface area contributed by atoms with Crippen molar-refractivity contribution in [2.24, 2.45) is 5.10 Å². The average Bonchev–Trinajstić information content (AvgIpc) is 3.60. The number of rotatable bonds is 14. The summed E-state index contributed by atoms with van der Waals surface area (Å²) in [5.74, 6) is 1.79. The second-order valence-corrected chi connectivity index (χ2v) is 11.5. The first-order chi connectivity index (χ1) is 23.6. The topological polar surface area (TPSA) is 94.1 Å². The van der Waals surface area contributed by atoms with Gasteiger partial charge in [-0.3, -0.25) is 4.79 Å². The molecule has 0 saturated carbocycles. The van der Waals surface area contributed by atoms with Gasteiger partial charge >= 0.3 is 0 Å². The van der Waals surface area contributed by atoms with Crippen molar-refractivity contribution < 1.29 is 19.0 Å². The molecule has 0 aliphatic rings. The number of nitrogens with one attached hydrogen (secondary N) is 2. The minimum Gasteiger partial charge on any atom is -0.490 e. The van der Waals surface area contributed by atoms with Gasteiger partial charge < -0.3 is 19.5 Å². The van der Waals surface area contributed by atoms with Gasteiger partial charge in [0, 0.05) is 22.2 Å². The van der Waals surface area contributed by atoms with Gasteiger partial charge in [-0.2, -0.15) is 5.10 Å². The molecule has 48 heavy (non-hydrogen) atoms. The normalized spacial score (nSPS) is 10.9. The van der Waals surface area contributed by atoms with Crippen LogP contribution in [-0.2, 0) is 13.2 Å². The van der Waals surface area contributed by atoms with Crippen LogP contribution >= 0.6 is 11.3 Å². The predicted octanol–water partition coefficient (Wildman–Crippen LogP) is 8.87. The molecule has 6 aromatic rings. The third-order valence-corrected chi connectivity index (χ3v) is 7.94. The molecule has 1 aromatic heterocycles. The summed E-state index contributed by atoms with van der Waals surface area (Å²) in [6.07, 6.45) is 1.59. The molecule has 2 N–H and O–H groups in total. The standard InChI is InChI=1S/C39H34N4O4S/c1-2-45-37-23-30(15-22-36(37)47-25-29-9-5-3-6-10-29)26-46-34-20-13-28(14-21-34)24-40-43-38(44)32-18-16-31(17-19-32)35-27-48-39(42-35)41-33-11-7-4-8-12-33/h3-24,27H,2,25-26H2,1H3,(H,41,42)(H,43,44)/b40-24+. The van der Waals surface area contributed by atoms with Crippen LogP contribution in [0.5, 0.6) is 17.2 Å². The number of amides is 1. The first kappa shape index (κ1) is 32.0. The number of thiazole rings is 1. The highest BCUT2D eigenvalue weighted by atomic mass is 32.1. The minimum absolute atomic E-state index is 0.301. The van der Waals surface area contributed by atoms with Gasteiger partial charge in [-0.05, 0) is 84.3 Å². The number of ether oxygens (including phenoxy) is 3. The molecule has 9 heteroatoms. The number of carbonyl (C=O) groups is 1. The molecule has 0 aliphatic heterocycles. The zero-order valence-corrected chi connectivity index (χ0v) is 27.2. The third-order valence-electron chi connectivity index (χ3n) is 7.18. The van der Waals surface area contributed by atoms with E-state index in [0.717, 1.165) is 38.8 Å². The zero-order valence-electron chi connectivity index (χ0n) is 26.3. The molecule has 0 atom stereocenters. The Hall–Kier alpha value is -5.93. The van der Waals surface area contributed by atoms with Gasteiger partial charge in [-0.1, -0.05) is 66.7 Å². The van der Waals surface area contributed by atoms with Gasteiger partial charge in [0.2, 0.25) is 0 Å². The molecule has 0 aliphatic carbocycles. The van der Waals surface area contributed by atoms with Crippen molar-refractivity contribution >= 4 is 34.3 Å². The second kappa shape index (κ2) is 16.1. The molecular weight excluding hydrogens is 621 g/mol. The molecule has 1 heterocycles. The Kier molecular flexibility index (Phi) is 10.7. The SMILES string of the molecule is CCOc1cc(COc2ccc(/C=N/NC(=O)c3ccc(-c4csc(Nc5ccccc5)n4)cc3)cc2)ccc1OCc1ccccc1. The Balaban J connectivity index is 0.973. The summed E-state index contributed by atoms with van der Waals surface area (Å²) < 4.78 is 17.8. The molecule has 0 bridgehead atoms. The monoisotopic (exact) mass is 654 g/mol. The molecular formula is C39H34N4O4S. The first-order valence-electron chi connectivity index (χ1n) is 15.5. The van der Waals surface area contributed by atoms with E-state index < -0.39 is 0 Å². The van der Waals surface area contributed by atoms with E-state index in [9.17, 15) is 4.79 Å². The van der Waals surface area contributed by atoms with E-state index >= 15 is 0 Å². The van der Waals surface area contributed by atoms with Crippen LogP contribution in [0.1, 0.15) is 34.0 Å². The number of hydrogen-bond donors (Lipinski definition) is 2. The fourth-order valence-electron chi connectivity index (χ4n) is 4.71. The highest BCUT2D eigenvalue weighted by molar-refractivity contribution is 7.14. The number of aromatic nitrogens is 1. The molecule has 0 spiro atoms. The molecule has 0 fully saturated rings. The van der Waals surface area contributed by atoms with Crippen LogP contribution in [0.3, 0.4) is 0 Å². The number of hydrazone groups is 1. The number of carbonyl (C=O) groups excluding carboxylic acids is 1. The van der Waals surface area contributed by atoms with E-state index in [2.05, 4.69) is 20.8 Å². The molecule has 0 unspecified atom stereocenters. The highest BCUT2D eigenvalue weighted by Gasteiger charge is 2.10. The lowest BCUT2D eigenvalue weighted by molar-refractivity contribution is 0.0955. The van der Waals surface area contributed by atoms with Crippen molar-refractivity contribution in [1.29, 1.82) is 0 Å². The van der Waals surface area contributed by atoms with Crippen LogP contribution in [0.25, 0.3) is 11.3 Å². The predicted molar refractivity (Wildman–Crippen MR) is 191 cm³/mol. The van der Waals surface area contributed by atoms with Gasteiger partial charge in [-0.15, -0.1) is 11.3 Å². The highest BCUT2D eigenvalue weighted by Crippen LogP contribution is 2.30. The molecule has 0 radical (unpaired) electrons. The maximum Gasteiger partial charge on any atom is 0.271 e. The molecule has 6 rings (SSSR count). The summed E-state index contributed by atoms with van der Waals surface area (Å²) >= 11 is 1.53. The Morgan fingerprint density at radius 3 is 2.25 bits per heavy atom. The Morgan fingerprint density at radius 2 is 1.50 bits per heavy atom. The van der Waals surface area contributed by atoms with E-state index in [1.807, 2.05) is 128 Å². The van der Waals surface area contributed by atoms with Gasteiger partial charge in [0.05, 0.1) is 18.5 Å². The van der Waals surface area contributed by atoms with Crippen LogP contribution in [0.4, 0.5) is 10.8 Å². The van der Waals surface area contributed by atoms with Crippen LogP contribution in [0.2, 0.25) is 0 Å². The third kappa shape index (κ3) is 8.86. The smallest absolute Gasteiger partial charge is 0.271 e. The average molecular weight is 655 g/mol. The molecule has 0 saturated heterocycles. The quantitative estimate of drug-likeness (QED) is 0.0900. The summed E-state index contributed by atoms with van der Waals surface area (Å²) in [4.78, 5) is 17.3. The zero-order chi connectivity index (χ0) is 33.0. The van der Waals surface area contributed by atoms with Crippen LogP contribution in [0.15, 0.2) is 138 Å².